The molecule has 5 aliphatic rings. The molecule has 4 fully saturated rings. The maximum absolute atomic E-state index is 14.4. The summed E-state index contributed by atoms with van der Waals surface area (Å²) in [6.07, 6.45) is 18.9. The third kappa shape index (κ3) is 7.83. The predicted molar refractivity (Wildman–Crippen MR) is 215 cm³/mol. The highest BCUT2D eigenvalue weighted by Crippen LogP contribution is 2.75. The highest BCUT2D eigenvalue weighted by Gasteiger charge is 2.70. The lowest BCUT2D eigenvalue weighted by Gasteiger charge is -2.71. The highest BCUT2D eigenvalue weighted by molar-refractivity contribution is 5.84. The molecule has 4 saturated carbocycles. The molecular weight excluding hydrogens is 677 g/mol. The summed E-state index contributed by atoms with van der Waals surface area (Å²) >= 11 is 0. The van der Waals surface area contributed by atoms with Gasteiger partial charge in [0.1, 0.15) is 6.04 Å². The third-order valence-corrected chi connectivity index (χ3v) is 16.9. The van der Waals surface area contributed by atoms with Crippen molar-refractivity contribution in [1.82, 2.24) is 10.6 Å². The van der Waals surface area contributed by atoms with Gasteiger partial charge in [0.25, 0.3) is 0 Å². The smallest absolute Gasteiger partial charge is 0.326 e. The first-order valence-electron chi connectivity index (χ1n) is 22.0. The van der Waals surface area contributed by atoms with E-state index >= 15 is 0 Å². The van der Waals surface area contributed by atoms with Gasteiger partial charge in [-0.1, -0.05) is 112 Å². The summed E-state index contributed by atoms with van der Waals surface area (Å²) in [5.41, 5.74) is 1.16. The molecular formula is C46H78N2O6. The van der Waals surface area contributed by atoms with Gasteiger partial charge >= 0.3 is 5.97 Å². The van der Waals surface area contributed by atoms with E-state index in [1.807, 2.05) is 0 Å². The van der Waals surface area contributed by atoms with Crippen molar-refractivity contribution in [2.75, 3.05) is 6.54 Å². The summed E-state index contributed by atoms with van der Waals surface area (Å²) < 4.78 is 0. The van der Waals surface area contributed by atoms with Crippen LogP contribution in [0, 0.1) is 56.2 Å². The summed E-state index contributed by atoms with van der Waals surface area (Å²) in [5.74, 6) is 0.0633. The second-order valence-electron chi connectivity index (χ2n) is 21.4. The van der Waals surface area contributed by atoms with Crippen molar-refractivity contribution in [1.29, 1.82) is 0 Å². The van der Waals surface area contributed by atoms with E-state index in [0.717, 1.165) is 109 Å². The normalized spacial score (nSPS) is 38.5. The van der Waals surface area contributed by atoms with Crippen molar-refractivity contribution in [2.45, 2.75) is 196 Å². The maximum Gasteiger partial charge on any atom is 0.326 e. The molecule has 2 amide bonds. The zero-order chi connectivity index (χ0) is 39.9. The molecule has 0 aliphatic heterocycles. The summed E-state index contributed by atoms with van der Waals surface area (Å²) in [6.45, 7) is 21.0. The van der Waals surface area contributed by atoms with Crippen molar-refractivity contribution >= 4 is 17.8 Å². The number of nitrogens with one attached hydrogen (secondary N) is 2. The van der Waals surface area contributed by atoms with Crippen molar-refractivity contribution in [3.8, 4) is 0 Å². The number of aliphatic hydroxyl groups is 2. The summed E-state index contributed by atoms with van der Waals surface area (Å²) in [5, 5.41) is 37.7. The number of amides is 2. The van der Waals surface area contributed by atoms with Gasteiger partial charge in [-0.2, -0.15) is 0 Å². The number of carboxylic acid groups (broad SMARTS) is 1. The fourth-order valence-corrected chi connectivity index (χ4v) is 13.4. The Hall–Kier alpha value is -1.93. The predicted octanol–water partition coefficient (Wildman–Crippen LogP) is 8.97. The number of hydrogen-bond donors (Lipinski definition) is 5. The quantitative estimate of drug-likeness (QED) is 0.0837. The van der Waals surface area contributed by atoms with E-state index < -0.39 is 24.2 Å². The summed E-state index contributed by atoms with van der Waals surface area (Å²) in [6, 6.07) is -0.824. The van der Waals surface area contributed by atoms with E-state index in [9.17, 15) is 29.7 Å². The van der Waals surface area contributed by atoms with Gasteiger partial charge in [-0.15, -0.1) is 0 Å². The molecule has 0 aromatic rings. The van der Waals surface area contributed by atoms with Crippen LogP contribution >= 0.6 is 0 Å². The van der Waals surface area contributed by atoms with Crippen LogP contribution in [-0.2, 0) is 14.4 Å². The van der Waals surface area contributed by atoms with Crippen molar-refractivity contribution < 1.29 is 29.7 Å². The molecule has 0 radical (unpaired) electrons. The second kappa shape index (κ2) is 16.1. The van der Waals surface area contributed by atoms with Gasteiger partial charge in [0.05, 0.1) is 17.6 Å². The lowest BCUT2D eigenvalue weighted by Crippen LogP contribution is -2.67. The first-order chi connectivity index (χ1) is 25.2. The van der Waals surface area contributed by atoms with E-state index in [0.29, 0.717) is 24.7 Å². The number of fused-ring (bicyclic) bond motifs is 7. The average Bonchev–Trinajstić information content (AvgIpc) is 3.08. The number of aliphatic carboxylic acids is 1. The van der Waals surface area contributed by atoms with E-state index in [2.05, 4.69) is 65.2 Å². The van der Waals surface area contributed by atoms with Gasteiger partial charge in [0.15, 0.2) is 0 Å². The number of carboxylic acids is 1. The van der Waals surface area contributed by atoms with Gasteiger partial charge in [0, 0.05) is 13.0 Å². The molecule has 0 aromatic heterocycles. The minimum absolute atomic E-state index is 0.0144. The highest BCUT2D eigenvalue weighted by atomic mass is 16.4. The van der Waals surface area contributed by atoms with Crippen molar-refractivity contribution in [3.63, 3.8) is 0 Å². The largest absolute Gasteiger partial charge is 0.480 e. The van der Waals surface area contributed by atoms with Crippen LogP contribution in [0.2, 0.25) is 0 Å². The molecule has 8 heteroatoms. The number of carbonyl (C=O) groups is 3. The monoisotopic (exact) mass is 755 g/mol. The molecule has 0 saturated heterocycles. The Labute approximate surface area is 327 Å². The van der Waals surface area contributed by atoms with E-state index in [-0.39, 0.29) is 56.1 Å². The van der Waals surface area contributed by atoms with Gasteiger partial charge in [-0.05, 0) is 121 Å². The topological polar surface area (TPSA) is 136 Å². The van der Waals surface area contributed by atoms with E-state index in [1.54, 1.807) is 19.4 Å². The standard InChI is InChI=1S/C46H78N2O6/c1-30(2)37(39(52)53)48-36(50)18-16-14-12-10-11-13-15-17-27-47-40(54)46-25-23-41(3,4)28-32(46)31-19-20-35-43(7)29-33(49)38(51)42(5,6)34(43)21-22-45(35,9)44(31,8)24-26-46/h19,30,32-35,37-38,49,51H,10-18,20-29H2,1-9H3,(H,47,54)(H,48,50)(H,52,53)/t32-,33+,34-,35+,37-,38-,43-,44+,45+,46-/m0/s1. The van der Waals surface area contributed by atoms with Gasteiger partial charge in [-0.3, -0.25) is 9.59 Å². The van der Waals surface area contributed by atoms with Gasteiger partial charge in [-0.25, -0.2) is 4.79 Å². The van der Waals surface area contributed by atoms with Crippen LogP contribution in [0.3, 0.4) is 0 Å². The fourth-order valence-electron chi connectivity index (χ4n) is 13.4. The SMILES string of the molecule is CC(C)[C@H](NC(=O)CCCCCCCCCCNC(=O)[C@]12CCC(C)(C)C[C@H]1C1=CC[C@@H]3[C@@]4(C)C[C@@H](O)[C@H](O)C(C)(C)[C@@H]4CC[C@@]3(C)[C@]1(C)CC2)C(=O)O. The number of rotatable bonds is 15. The van der Waals surface area contributed by atoms with Crippen LogP contribution < -0.4 is 10.6 Å². The van der Waals surface area contributed by atoms with Gasteiger partial charge < -0.3 is 26.0 Å². The van der Waals surface area contributed by atoms with Crippen LogP contribution in [0.4, 0.5) is 0 Å². The maximum atomic E-state index is 14.4. The number of hydrogen-bond acceptors (Lipinski definition) is 5. The number of aliphatic hydroxyl groups excluding tert-OH is 2. The molecule has 5 N–H and O–H groups in total. The fraction of sp³-hybridized carbons (Fsp3) is 0.891. The van der Waals surface area contributed by atoms with Crippen LogP contribution in [0.25, 0.3) is 0 Å². The first kappa shape index (κ1) is 43.2. The summed E-state index contributed by atoms with van der Waals surface area (Å²) in [4.78, 5) is 37.9. The molecule has 0 heterocycles. The van der Waals surface area contributed by atoms with Crippen LogP contribution in [-0.4, -0.2) is 57.9 Å². The minimum atomic E-state index is -0.979. The molecule has 0 aromatic carbocycles. The average molecular weight is 755 g/mol. The zero-order valence-electron chi connectivity index (χ0n) is 35.6. The van der Waals surface area contributed by atoms with E-state index in [4.69, 9.17) is 0 Å². The number of unbranched alkanes of at least 4 members (excludes halogenated alkanes) is 7. The van der Waals surface area contributed by atoms with Crippen LogP contribution in [0.15, 0.2) is 11.6 Å². The Morgan fingerprint density at radius 1 is 0.796 bits per heavy atom. The molecule has 10 atom stereocenters. The Bertz CT molecular complexity index is 1400. The molecule has 0 spiro atoms. The molecule has 54 heavy (non-hydrogen) atoms. The molecule has 0 bridgehead atoms. The zero-order valence-corrected chi connectivity index (χ0v) is 35.6. The van der Waals surface area contributed by atoms with E-state index in [1.165, 1.54) is 0 Å². The first-order valence-corrected chi connectivity index (χ1v) is 22.0. The lowest BCUT2D eigenvalue weighted by atomic mass is 9.33. The Morgan fingerprint density at radius 3 is 2.04 bits per heavy atom. The molecule has 5 aliphatic carbocycles. The Balaban J connectivity index is 1.14. The number of allylic oxidation sites excluding steroid dienone is 2. The molecule has 308 valence electrons. The Kier molecular flexibility index (Phi) is 12.9. The third-order valence-electron chi connectivity index (χ3n) is 16.9. The lowest BCUT2D eigenvalue weighted by molar-refractivity contribution is -0.231. The molecule has 8 nitrogen and oxygen atoms in total. The minimum Gasteiger partial charge on any atom is -0.480 e. The van der Waals surface area contributed by atoms with Crippen LogP contribution in [0.5, 0.6) is 0 Å². The molecule has 5 rings (SSSR count). The van der Waals surface area contributed by atoms with Crippen molar-refractivity contribution in [3.05, 3.63) is 11.6 Å². The summed E-state index contributed by atoms with van der Waals surface area (Å²) in [7, 11) is 0. The van der Waals surface area contributed by atoms with Crippen LogP contribution in [0.1, 0.15) is 178 Å². The number of carbonyl (C=O) groups excluding carboxylic acids is 2. The Morgan fingerprint density at radius 2 is 1.41 bits per heavy atom. The van der Waals surface area contributed by atoms with Crippen molar-refractivity contribution in [2.24, 2.45) is 56.2 Å². The second-order valence-corrected chi connectivity index (χ2v) is 21.4. The van der Waals surface area contributed by atoms with Gasteiger partial charge in [0.2, 0.25) is 11.8 Å². The molecule has 0 unspecified atom stereocenters.